The van der Waals surface area contributed by atoms with Gasteiger partial charge in [0.15, 0.2) is 0 Å². The number of piperidine rings is 1. The lowest BCUT2D eigenvalue weighted by molar-refractivity contribution is 0.0698. The van der Waals surface area contributed by atoms with Gasteiger partial charge in [0.25, 0.3) is 5.91 Å². The summed E-state index contributed by atoms with van der Waals surface area (Å²) in [6, 6.07) is 7.62. The lowest BCUT2D eigenvalue weighted by Crippen LogP contribution is -2.46. The smallest absolute Gasteiger partial charge is 0.319 e. The van der Waals surface area contributed by atoms with Crippen LogP contribution in [0.4, 0.5) is 10.5 Å². The molecule has 7 heteroatoms. The van der Waals surface area contributed by atoms with Crippen LogP contribution in [0.2, 0.25) is 0 Å². The number of halogens is 1. The minimum atomic E-state index is -0.203. The SMILES string of the molecule is CNC1CCCN(C(=O)c2cccc(NC(=O)NC3CC3)c2)C1.Cl. The van der Waals surface area contributed by atoms with Gasteiger partial charge in [0, 0.05) is 36.4 Å². The van der Waals surface area contributed by atoms with Crippen LogP contribution in [0.5, 0.6) is 0 Å². The molecule has 3 N–H and O–H groups in total. The molecule has 1 saturated carbocycles. The number of benzene rings is 1. The Morgan fingerprint density at radius 1 is 1.17 bits per heavy atom. The number of amides is 3. The summed E-state index contributed by atoms with van der Waals surface area (Å²) >= 11 is 0. The van der Waals surface area contributed by atoms with E-state index in [-0.39, 0.29) is 24.3 Å². The Hall–Kier alpha value is -1.79. The average molecular weight is 353 g/mol. The first-order chi connectivity index (χ1) is 11.2. The normalized spacial score (nSPS) is 20.0. The van der Waals surface area contributed by atoms with Crippen molar-refractivity contribution < 1.29 is 9.59 Å². The van der Waals surface area contributed by atoms with Crippen molar-refractivity contribution in [3.63, 3.8) is 0 Å². The maximum absolute atomic E-state index is 12.7. The number of urea groups is 1. The van der Waals surface area contributed by atoms with Crippen molar-refractivity contribution in [1.29, 1.82) is 0 Å². The van der Waals surface area contributed by atoms with Gasteiger partial charge in [-0.15, -0.1) is 12.4 Å². The third kappa shape index (κ3) is 4.85. The third-order valence-electron chi connectivity index (χ3n) is 4.40. The quantitative estimate of drug-likeness (QED) is 0.778. The van der Waals surface area contributed by atoms with Crippen LogP contribution in [0, 0.1) is 0 Å². The lowest BCUT2D eigenvalue weighted by atomic mass is 10.0. The Morgan fingerprint density at radius 2 is 1.96 bits per heavy atom. The maximum atomic E-state index is 12.7. The molecular formula is C17H25ClN4O2. The largest absolute Gasteiger partial charge is 0.337 e. The Labute approximate surface area is 148 Å². The first-order valence-electron chi connectivity index (χ1n) is 8.30. The molecule has 0 radical (unpaired) electrons. The van der Waals surface area contributed by atoms with E-state index in [1.54, 1.807) is 24.3 Å². The van der Waals surface area contributed by atoms with E-state index in [2.05, 4.69) is 16.0 Å². The van der Waals surface area contributed by atoms with Crippen LogP contribution in [0.3, 0.4) is 0 Å². The minimum Gasteiger partial charge on any atom is -0.337 e. The molecular weight excluding hydrogens is 328 g/mol. The number of rotatable bonds is 4. The molecule has 2 fully saturated rings. The van der Waals surface area contributed by atoms with Crippen molar-refractivity contribution in [1.82, 2.24) is 15.5 Å². The summed E-state index contributed by atoms with van der Waals surface area (Å²) in [5, 5.41) is 8.92. The van der Waals surface area contributed by atoms with E-state index in [4.69, 9.17) is 0 Å². The topological polar surface area (TPSA) is 73.5 Å². The van der Waals surface area contributed by atoms with Crippen molar-refractivity contribution in [2.75, 3.05) is 25.5 Å². The standard InChI is InChI=1S/C17H24N4O2.ClH/c1-18-15-6-3-9-21(11-15)16(22)12-4-2-5-14(10-12)20-17(23)19-13-7-8-13;/h2,4-5,10,13,15,18H,3,6-9,11H2,1H3,(H2,19,20,23);1H. The molecule has 1 aromatic rings. The van der Waals surface area contributed by atoms with Gasteiger partial charge in [0.05, 0.1) is 0 Å². The van der Waals surface area contributed by atoms with Crippen LogP contribution in [0.15, 0.2) is 24.3 Å². The predicted molar refractivity (Wildman–Crippen MR) is 96.9 cm³/mol. The Morgan fingerprint density at radius 3 is 2.67 bits per heavy atom. The highest BCUT2D eigenvalue weighted by atomic mass is 35.5. The van der Waals surface area contributed by atoms with E-state index in [1.807, 2.05) is 11.9 Å². The molecule has 3 rings (SSSR count). The Bertz CT molecular complexity index is 592. The highest BCUT2D eigenvalue weighted by Crippen LogP contribution is 2.20. The van der Waals surface area contributed by atoms with Gasteiger partial charge in [-0.2, -0.15) is 0 Å². The van der Waals surface area contributed by atoms with Crippen LogP contribution in [0.25, 0.3) is 0 Å². The maximum Gasteiger partial charge on any atom is 0.319 e. The Balaban J connectivity index is 0.00000208. The lowest BCUT2D eigenvalue weighted by Gasteiger charge is -2.32. The molecule has 1 saturated heterocycles. The number of nitrogens with zero attached hydrogens (tertiary/aromatic N) is 1. The molecule has 1 atom stereocenters. The van der Waals surface area contributed by atoms with Gasteiger partial charge < -0.3 is 20.9 Å². The fraction of sp³-hybridized carbons (Fsp3) is 0.529. The molecule has 3 amide bonds. The molecule has 1 aliphatic carbocycles. The summed E-state index contributed by atoms with van der Waals surface area (Å²) in [7, 11) is 1.93. The summed E-state index contributed by atoms with van der Waals surface area (Å²) < 4.78 is 0. The number of carbonyl (C=O) groups excluding carboxylic acids is 2. The summed E-state index contributed by atoms with van der Waals surface area (Å²) in [5.74, 6) is 0.0243. The minimum absolute atomic E-state index is 0. The number of carbonyl (C=O) groups is 2. The highest BCUT2D eigenvalue weighted by Gasteiger charge is 2.25. The van der Waals surface area contributed by atoms with Gasteiger partial charge in [-0.3, -0.25) is 4.79 Å². The van der Waals surface area contributed by atoms with Crippen LogP contribution < -0.4 is 16.0 Å². The van der Waals surface area contributed by atoms with E-state index in [1.165, 1.54) is 0 Å². The summed E-state index contributed by atoms with van der Waals surface area (Å²) in [6.07, 6.45) is 4.21. The molecule has 2 aliphatic rings. The number of anilines is 1. The zero-order chi connectivity index (χ0) is 16.2. The summed E-state index contributed by atoms with van der Waals surface area (Å²) in [5.41, 5.74) is 1.27. The van der Waals surface area contributed by atoms with E-state index in [0.29, 0.717) is 23.3 Å². The van der Waals surface area contributed by atoms with Crippen molar-refractivity contribution in [2.24, 2.45) is 0 Å². The van der Waals surface area contributed by atoms with Crippen LogP contribution in [-0.4, -0.2) is 49.1 Å². The van der Waals surface area contributed by atoms with Crippen molar-refractivity contribution in [2.45, 2.75) is 37.8 Å². The van der Waals surface area contributed by atoms with Crippen molar-refractivity contribution >= 4 is 30.0 Å². The molecule has 1 unspecified atom stereocenters. The molecule has 0 aromatic heterocycles. The summed E-state index contributed by atoms with van der Waals surface area (Å²) in [6.45, 7) is 1.52. The highest BCUT2D eigenvalue weighted by molar-refractivity contribution is 5.97. The predicted octanol–water partition coefficient (Wildman–Crippen LogP) is 2.22. The first-order valence-corrected chi connectivity index (χ1v) is 8.30. The number of nitrogens with one attached hydrogen (secondary N) is 3. The van der Waals surface area contributed by atoms with Crippen LogP contribution in [-0.2, 0) is 0 Å². The van der Waals surface area contributed by atoms with Gasteiger partial charge in [0.2, 0.25) is 0 Å². The second-order valence-electron chi connectivity index (χ2n) is 6.33. The molecule has 1 heterocycles. The molecule has 1 aromatic carbocycles. The number of likely N-dealkylation sites (N-methyl/N-ethyl adjacent to an activating group) is 1. The monoisotopic (exact) mass is 352 g/mol. The number of hydrogen-bond donors (Lipinski definition) is 3. The van der Waals surface area contributed by atoms with Gasteiger partial charge in [-0.25, -0.2) is 4.79 Å². The molecule has 24 heavy (non-hydrogen) atoms. The first kappa shape index (κ1) is 18.5. The van der Waals surface area contributed by atoms with E-state index in [0.717, 1.165) is 38.8 Å². The molecule has 0 spiro atoms. The average Bonchev–Trinajstić information content (AvgIpc) is 3.38. The molecule has 1 aliphatic heterocycles. The van der Waals surface area contributed by atoms with Crippen molar-refractivity contribution in [3.05, 3.63) is 29.8 Å². The fourth-order valence-electron chi connectivity index (χ4n) is 2.89. The second kappa shape index (κ2) is 8.35. The van der Waals surface area contributed by atoms with Gasteiger partial charge >= 0.3 is 6.03 Å². The van der Waals surface area contributed by atoms with Gasteiger partial charge in [-0.1, -0.05) is 6.07 Å². The number of likely N-dealkylation sites (tertiary alicyclic amines) is 1. The van der Waals surface area contributed by atoms with E-state index < -0.39 is 0 Å². The zero-order valence-electron chi connectivity index (χ0n) is 13.9. The number of hydrogen-bond acceptors (Lipinski definition) is 3. The molecule has 132 valence electrons. The summed E-state index contributed by atoms with van der Waals surface area (Å²) in [4.78, 5) is 26.3. The zero-order valence-corrected chi connectivity index (χ0v) is 14.7. The van der Waals surface area contributed by atoms with Crippen LogP contribution in [0.1, 0.15) is 36.0 Å². The van der Waals surface area contributed by atoms with E-state index in [9.17, 15) is 9.59 Å². The van der Waals surface area contributed by atoms with Gasteiger partial charge in [0.1, 0.15) is 0 Å². The molecule has 6 nitrogen and oxygen atoms in total. The molecule has 0 bridgehead atoms. The fourth-order valence-corrected chi connectivity index (χ4v) is 2.89. The van der Waals surface area contributed by atoms with Gasteiger partial charge in [-0.05, 0) is 50.9 Å². The second-order valence-corrected chi connectivity index (χ2v) is 6.33. The van der Waals surface area contributed by atoms with Crippen molar-refractivity contribution in [3.8, 4) is 0 Å². The Kier molecular flexibility index (Phi) is 6.45. The third-order valence-corrected chi connectivity index (χ3v) is 4.40. The van der Waals surface area contributed by atoms with Crippen LogP contribution >= 0.6 is 12.4 Å². The van der Waals surface area contributed by atoms with E-state index >= 15 is 0 Å².